The van der Waals surface area contributed by atoms with Crippen LogP contribution in [0.2, 0.25) is 0 Å². The molecule has 0 aliphatic carbocycles. The van der Waals surface area contributed by atoms with Crippen LogP contribution >= 0.6 is 22.4 Å². The van der Waals surface area contributed by atoms with E-state index in [0.29, 0.717) is 22.6 Å². The zero-order valence-corrected chi connectivity index (χ0v) is 17.6. The van der Waals surface area contributed by atoms with Gasteiger partial charge in [0.05, 0.1) is 49.0 Å². The summed E-state index contributed by atoms with van der Waals surface area (Å²) in [5.74, 6) is -0.131. The van der Waals surface area contributed by atoms with Crippen LogP contribution in [-0.2, 0) is 8.92 Å². The summed E-state index contributed by atoms with van der Waals surface area (Å²) in [6.45, 7) is 0. The molecule has 0 saturated carbocycles. The second-order valence-electron chi connectivity index (χ2n) is 5.30. The molecule has 28 heavy (non-hydrogen) atoms. The molecule has 150 valence electrons. The van der Waals surface area contributed by atoms with Crippen LogP contribution in [0.5, 0.6) is 23.0 Å². The molecule has 0 bridgehead atoms. The van der Waals surface area contributed by atoms with Gasteiger partial charge in [-0.15, -0.1) is 0 Å². The summed E-state index contributed by atoms with van der Waals surface area (Å²) < 4.78 is 30.9. The molecule has 0 aromatic heterocycles. The van der Waals surface area contributed by atoms with Gasteiger partial charge in [0.25, 0.3) is 0 Å². The Bertz CT molecular complexity index is 826. The molecule has 0 aliphatic heterocycles. The highest BCUT2D eigenvalue weighted by atomic mass is 32.1. The standard InChI is InChI=1S/C18H19O8PS/c1-21-13-7-9(17(19)24-4)5-11(15(13)22-2)12-6-10(18(20)26-28)8-14(25-27)16(12)23-3/h5-8,28H,27H2,1-4H3. The van der Waals surface area contributed by atoms with Gasteiger partial charge in [0.2, 0.25) is 0 Å². The number of benzene rings is 2. The van der Waals surface area contributed by atoms with Gasteiger partial charge in [-0.1, -0.05) is 0 Å². The van der Waals surface area contributed by atoms with Crippen molar-refractivity contribution in [3.63, 3.8) is 0 Å². The number of ether oxygens (including phenoxy) is 4. The van der Waals surface area contributed by atoms with Crippen molar-refractivity contribution in [2.24, 2.45) is 0 Å². The molecule has 1 unspecified atom stereocenters. The first-order valence-electron chi connectivity index (χ1n) is 7.74. The summed E-state index contributed by atoms with van der Waals surface area (Å²) in [6.07, 6.45) is 0. The van der Waals surface area contributed by atoms with E-state index in [9.17, 15) is 9.59 Å². The molecule has 0 radical (unpaired) electrons. The van der Waals surface area contributed by atoms with E-state index in [2.05, 4.69) is 26.6 Å². The average Bonchev–Trinajstić information content (AvgIpc) is 2.75. The Morgan fingerprint density at radius 2 is 1.29 bits per heavy atom. The average molecular weight is 426 g/mol. The van der Waals surface area contributed by atoms with Gasteiger partial charge in [0.15, 0.2) is 23.0 Å². The quantitative estimate of drug-likeness (QED) is 0.312. The molecule has 0 spiro atoms. The number of esters is 1. The van der Waals surface area contributed by atoms with Crippen molar-refractivity contribution < 1.29 is 37.2 Å². The fraction of sp³-hybridized carbons (Fsp3) is 0.222. The van der Waals surface area contributed by atoms with Crippen LogP contribution in [0.4, 0.5) is 0 Å². The highest BCUT2D eigenvalue weighted by Crippen LogP contribution is 2.47. The van der Waals surface area contributed by atoms with Crippen LogP contribution < -0.4 is 18.7 Å². The van der Waals surface area contributed by atoms with Crippen molar-refractivity contribution in [2.75, 3.05) is 28.4 Å². The van der Waals surface area contributed by atoms with Crippen LogP contribution in [0.1, 0.15) is 20.7 Å². The van der Waals surface area contributed by atoms with Crippen molar-refractivity contribution in [1.29, 1.82) is 0 Å². The van der Waals surface area contributed by atoms with E-state index in [0.717, 1.165) is 0 Å². The molecule has 2 aromatic rings. The first kappa shape index (κ1) is 21.7. The van der Waals surface area contributed by atoms with E-state index in [1.54, 1.807) is 0 Å². The predicted molar refractivity (Wildman–Crippen MR) is 108 cm³/mol. The molecule has 0 aliphatic rings. The lowest BCUT2D eigenvalue weighted by Crippen LogP contribution is -2.05. The van der Waals surface area contributed by atoms with Gasteiger partial charge in [0.1, 0.15) is 0 Å². The number of carbonyl (C=O) groups is 2. The maximum Gasteiger partial charge on any atom is 0.350 e. The molecule has 2 rings (SSSR count). The predicted octanol–water partition coefficient (Wildman–Crippen LogP) is 3.34. The number of hydrogen-bond donors (Lipinski definition) is 1. The smallest absolute Gasteiger partial charge is 0.350 e. The van der Waals surface area contributed by atoms with E-state index in [-0.39, 0.29) is 22.6 Å². The molecule has 0 N–H and O–H groups in total. The highest BCUT2D eigenvalue weighted by molar-refractivity contribution is 7.75. The Morgan fingerprint density at radius 1 is 0.786 bits per heavy atom. The lowest BCUT2D eigenvalue weighted by Gasteiger charge is -2.18. The van der Waals surface area contributed by atoms with Crippen molar-refractivity contribution >= 4 is 34.3 Å². The van der Waals surface area contributed by atoms with E-state index >= 15 is 0 Å². The summed E-state index contributed by atoms with van der Waals surface area (Å²) in [5.41, 5.74) is 1.17. The molecule has 0 saturated heterocycles. The number of rotatable bonds is 7. The maximum absolute atomic E-state index is 12.1. The lowest BCUT2D eigenvalue weighted by molar-refractivity contribution is 0.0600. The summed E-state index contributed by atoms with van der Waals surface area (Å²) >= 11 is 3.55. The Labute approximate surface area is 169 Å². The van der Waals surface area contributed by atoms with Crippen LogP contribution in [0.3, 0.4) is 0 Å². The monoisotopic (exact) mass is 426 g/mol. The zero-order chi connectivity index (χ0) is 20.8. The van der Waals surface area contributed by atoms with E-state index in [4.69, 9.17) is 23.5 Å². The molecule has 0 fully saturated rings. The Morgan fingerprint density at radius 3 is 1.71 bits per heavy atom. The third-order valence-electron chi connectivity index (χ3n) is 3.89. The maximum atomic E-state index is 12.1. The zero-order valence-electron chi connectivity index (χ0n) is 15.6. The normalized spacial score (nSPS) is 10.1. The topological polar surface area (TPSA) is 89.5 Å². The largest absolute Gasteiger partial charge is 0.493 e. The van der Waals surface area contributed by atoms with Crippen LogP contribution in [0.25, 0.3) is 11.1 Å². The summed E-state index contributed by atoms with van der Waals surface area (Å²) in [7, 11) is 7.67. The number of carbonyl (C=O) groups excluding carboxylic acids is 2. The molecule has 10 heteroatoms. The SMILES string of the molecule is COC(=O)c1cc(OC)c(OC)c(-c2cc(C(=O)OS)cc(OP)c2OC)c1. The van der Waals surface area contributed by atoms with Gasteiger partial charge in [-0.05, 0) is 24.3 Å². The second kappa shape index (κ2) is 9.52. The number of methoxy groups -OCH3 is 4. The minimum atomic E-state index is -0.703. The van der Waals surface area contributed by atoms with Crippen LogP contribution in [0, 0.1) is 0 Å². The molecule has 2 aromatic carbocycles. The lowest BCUT2D eigenvalue weighted by atomic mass is 9.97. The summed E-state index contributed by atoms with van der Waals surface area (Å²) in [6, 6.07) is 5.96. The van der Waals surface area contributed by atoms with Crippen molar-refractivity contribution in [3.8, 4) is 34.1 Å². The number of hydrogen-bond acceptors (Lipinski definition) is 9. The first-order valence-corrected chi connectivity index (χ1v) is 8.58. The van der Waals surface area contributed by atoms with Crippen LogP contribution in [-0.4, -0.2) is 40.4 Å². The van der Waals surface area contributed by atoms with Gasteiger partial charge in [-0.25, -0.2) is 9.59 Å². The molecular formula is C18H19O8PS. The Hall–Kier alpha value is -2.64. The molecule has 1 atom stereocenters. The molecule has 0 amide bonds. The third-order valence-corrected chi connectivity index (χ3v) is 4.31. The second-order valence-corrected chi connectivity index (χ2v) is 5.72. The highest BCUT2D eigenvalue weighted by Gasteiger charge is 2.24. The van der Waals surface area contributed by atoms with E-state index in [1.807, 2.05) is 0 Å². The molecule has 8 nitrogen and oxygen atoms in total. The fourth-order valence-electron chi connectivity index (χ4n) is 2.67. The summed E-state index contributed by atoms with van der Waals surface area (Å²) in [4.78, 5) is 24.1. The summed E-state index contributed by atoms with van der Waals surface area (Å²) in [5, 5.41) is 0. The third kappa shape index (κ3) is 4.10. The van der Waals surface area contributed by atoms with E-state index < -0.39 is 11.9 Å². The number of thiol groups is 1. The first-order chi connectivity index (χ1) is 13.4. The van der Waals surface area contributed by atoms with Crippen molar-refractivity contribution in [3.05, 3.63) is 35.4 Å². The fourth-order valence-corrected chi connectivity index (χ4v) is 2.95. The van der Waals surface area contributed by atoms with Gasteiger partial charge < -0.3 is 27.7 Å². The van der Waals surface area contributed by atoms with Gasteiger partial charge in [-0.3, -0.25) is 0 Å². The Kier molecular flexibility index (Phi) is 7.37. The van der Waals surface area contributed by atoms with Crippen molar-refractivity contribution in [2.45, 2.75) is 0 Å². The molecular weight excluding hydrogens is 407 g/mol. The van der Waals surface area contributed by atoms with Gasteiger partial charge >= 0.3 is 11.9 Å². The van der Waals surface area contributed by atoms with E-state index in [1.165, 1.54) is 52.7 Å². The van der Waals surface area contributed by atoms with Gasteiger partial charge in [0, 0.05) is 24.0 Å². The molecule has 0 heterocycles. The van der Waals surface area contributed by atoms with Gasteiger partial charge in [-0.2, -0.15) is 0 Å². The Balaban J connectivity index is 2.91. The van der Waals surface area contributed by atoms with Crippen molar-refractivity contribution in [1.82, 2.24) is 0 Å². The van der Waals surface area contributed by atoms with Crippen LogP contribution in [0.15, 0.2) is 24.3 Å². The minimum Gasteiger partial charge on any atom is -0.493 e. The minimum absolute atomic E-state index is 0.146.